The molecule has 16 heavy (non-hydrogen) atoms. The fourth-order valence-corrected chi connectivity index (χ4v) is 1.45. The van der Waals surface area contributed by atoms with E-state index in [9.17, 15) is 9.59 Å². The van der Waals surface area contributed by atoms with Crippen LogP contribution in [0.15, 0.2) is 0 Å². The second-order valence-electron chi connectivity index (χ2n) is 4.65. The first-order valence-corrected chi connectivity index (χ1v) is 5.58. The van der Waals surface area contributed by atoms with E-state index < -0.39 is 12.0 Å². The Hall–Kier alpha value is -1.10. The van der Waals surface area contributed by atoms with E-state index in [1.165, 1.54) is 12.8 Å². The van der Waals surface area contributed by atoms with E-state index in [-0.39, 0.29) is 12.5 Å². The van der Waals surface area contributed by atoms with Gasteiger partial charge in [0.2, 0.25) is 5.91 Å². The van der Waals surface area contributed by atoms with E-state index in [4.69, 9.17) is 5.11 Å². The van der Waals surface area contributed by atoms with E-state index in [1.807, 2.05) is 0 Å². The monoisotopic (exact) mass is 228 g/mol. The van der Waals surface area contributed by atoms with E-state index in [0.717, 1.165) is 6.54 Å². The third-order valence-electron chi connectivity index (χ3n) is 3.06. The van der Waals surface area contributed by atoms with Crippen LogP contribution in [-0.4, -0.2) is 60.0 Å². The molecule has 5 nitrogen and oxygen atoms in total. The van der Waals surface area contributed by atoms with Crippen LogP contribution < -0.4 is 0 Å². The number of hydrogen-bond acceptors (Lipinski definition) is 3. The summed E-state index contributed by atoms with van der Waals surface area (Å²) >= 11 is 0. The van der Waals surface area contributed by atoms with Gasteiger partial charge in [-0.1, -0.05) is 0 Å². The maximum atomic E-state index is 11.7. The molecule has 1 atom stereocenters. The Bertz CT molecular complexity index is 276. The zero-order valence-electron chi connectivity index (χ0n) is 10.1. The van der Waals surface area contributed by atoms with Crippen LogP contribution in [0.2, 0.25) is 0 Å². The Morgan fingerprint density at radius 3 is 2.38 bits per heavy atom. The highest BCUT2D eigenvalue weighted by Gasteiger charge is 2.26. The van der Waals surface area contributed by atoms with Gasteiger partial charge in [-0.15, -0.1) is 0 Å². The molecule has 5 heteroatoms. The first-order chi connectivity index (χ1) is 7.41. The molecule has 1 N–H and O–H groups in total. The summed E-state index contributed by atoms with van der Waals surface area (Å²) in [7, 11) is 3.43. The molecule has 1 rings (SSSR count). The van der Waals surface area contributed by atoms with Crippen molar-refractivity contribution in [1.82, 2.24) is 9.80 Å². The lowest BCUT2D eigenvalue weighted by atomic mass is 10.3. The molecule has 0 bridgehead atoms. The van der Waals surface area contributed by atoms with Gasteiger partial charge in [-0.3, -0.25) is 14.5 Å². The van der Waals surface area contributed by atoms with Crippen molar-refractivity contribution in [2.75, 3.05) is 27.2 Å². The van der Waals surface area contributed by atoms with Crippen LogP contribution >= 0.6 is 0 Å². The molecule has 0 aromatic rings. The second kappa shape index (κ2) is 5.30. The van der Waals surface area contributed by atoms with Gasteiger partial charge >= 0.3 is 5.97 Å². The number of carbonyl (C=O) groups is 2. The lowest BCUT2D eigenvalue weighted by Crippen LogP contribution is -2.43. The smallest absolute Gasteiger partial charge is 0.320 e. The minimum atomic E-state index is -0.903. The summed E-state index contributed by atoms with van der Waals surface area (Å²) in [6.07, 6.45) is 2.41. The second-order valence-corrected chi connectivity index (χ2v) is 4.65. The molecule has 1 aliphatic carbocycles. The zero-order chi connectivity index (χ0) is 12.3. The van der Waals surface area contributed by atoms with Crippen molar-refractivity contribution < 1.29 is 14.7 Å². The molecule has 0 spiro atoms. The number of carbonyl (C=O) groups excluding carboxylic acids is 1. The molecule has 1 aliphatic rings. The van der Waals surface area contributed by atoms with E-state index in [0.29, 0.717) is 5.92 Å². The van der Waals surface area contributed by atoms with Crippen molar-refractivity contribution in [3.8, 4) is 0 Å². The van der Waals surface area contributed by atoms with Gasteiger partial charge in [0.1, 0.15) is 6.04 Å². The topological polar surface area (TPSA) is 60.9 Å². The summed E-state index contributed by atoms with van der Waals surface area (Å²) in [6, 6.07) is -0.627. The van der Waals surface area contributed by atoms with Crippen molar-refractivity contribution in [3.63, 3.8) is 0 Å². The standard InChI is InChI=1S/C11H20N2O3/c1-8(11(15)16)12(2)7-10(14)13(3)6-9-4-5-9/h8-9H,4-7H2,1-3H3,(H,15,16). The number of amides is 1. The first-order valence-electron chi connectivity index (χ1n) is 5.58. The molecule has 0 aromatic heterocycles. The largest absolute Gasteiger partial charge is 0.480 e. The molecule has 0 aromatic carbocycles. The van der Waals surface area contributed by atoms with Gasteiger partial charge in [-0.25, -0.2) is 0 Å². The lowest BCUT2D eigenvalue weighted by molar-refractivity contribution is -0.143. The van der Waals surface area contributed by atoms with Crippen LogP contribution in [0.1, 0.15) is 19.8 Å². The van der Waals surface area contributed by atoms with Gasteiger partial charge in [-0.2, -0.15) is 0 Å². The molecule has 1 fully saturated rings. The molecule has 0 radical (unpaired) electrons. The molecule has 1 unspecified atom stereocenters. The SMILES string of the molecule is CC(C(=O)O)N(C)CC(=O)N(C)CC1CC1. The number of carboxylic acids is 1. The van der Waals surface area contributed by atoms with E-state index in [2.05, 4.69) is 0 Å². The summed E-state index contributed by atoms with van der Waals surface area (Å²) in [5.41, 5.74) is 0. The van der Waals surface area contributed by atoms with Crippen molar-refractivity contribution in [1.29, 1.82) is 0 Å². The Morgan fingerprint density at radius 2 is 1.94 bits per heavy atom. The van der Waals surface area contributed by atoms with Gasteiger partial charge in [0.05, 0.1) is 6.54 Å². The lowest BCUT2D eigenvalue weighted by Gasteiger charge is -2.24. The quantitative estimate of drug-likeness (QED) is 0.708. The van der Waals surface area contributed by atoms with Crippen LogP contribution in [0.25, 0.3) is 0 Å². The van der Waals surface area contributed by atoms with Crippen LogP contribution in [-0.2, 0) is 9.59 Å². The number of rotatable bonds is 6. The molecular weight excluding hydrogens is 208 g/mol. The maximum absolute atomic E-state index is 11.7. The average molecular weight is 228 g/mol. The van der Waals surface area contributed by atoms with Crippen molar-refractivity contribution in [2.24, 2.45) is 5.92 Å². The fourth-order valence-electron chi connectivity index (χ4n) is 1.45. The molecule has 1 amide bonds. The number of aliphatic carboxylic acids is 1. The Kier molecular flexibility index (Phi) is 4.29. The van der Waals surface area contributed by atoms with Crippen LogP contribution in [0.3, 0.4) is 0 Å². The normalized spacial score (nSPS) is 17.2. The van der Waals surface area contributed by atoms with Gasteiger partial charge in [0.15, 0.2) is 0 Å². The molecule has 0 heterocycles. The van der Waals surface area contributed by atoms with Crippen LogP contribution in [0.4, 0.5) is 0 Å². The van der Waals surface area contributed by atoms with E-state index >= 15 is 0 Å². The van der Waals surface area contributed by atoms with Gasteiger partial charge in [0, 0.05) is 13.6 Å². The van der Waals surface area contributed by atoms with Crippen LogP contribution in [0.5, 0.6) is 0 Å². The summed E-state index contributed by atoms with van der Waals surface area (Å²) in [5, 5.41) is 8.79. The maximum Gasteiger partial charge on any atom is 0.320 e. The zero-order valence-corrected chi connectivity index (χ0v) is 10.1. The first kappa shape index (κ1) is 13.0. The third kappa shape index (κ3) is 3.81. The molecule has 0 saturated heterocycles. The predicted octanol–water partition coefficient (Wildman–Crippen LogP) is 0.260. The van der Waals surface area contributed by atoms with Crippen LogP contribution in [0, 0.1) is 5.92 Å². The molecule has 92 valence electrons. The highest BCUT2D eigenvalue weighted by Crippen LogP contribution is 2.29. The Labute approximate surface area is 96.0 Å². The van der Waals surface area contributed by atoms with Crippen molar-refractivity contribution in [2.45, 2.75) is 25.8 Å². The summed E-state index contributed by atoms with van der Waals surface area (Å²) < 4.78 is 0. The van der Waals surface area contributed by atoms with E-state index in [1.54, 1.807) is 30.8 Å². The Balaban J connectivity index is 2.33. The minimum absolute atomic E-state index is 0.0116. The van der Waals surface area contributed by atoms with Gasteiger partial charge in [-0.05, 0) is 32.7 Å². The van der Waals surface area contributed by atoms with Crippen molar-refractivity contribution in [3.05, 3.63) is 0 Å². The summed E-state index contributed by atoms with van der Waals surface area (Å²) in [6.45, 7) is 2.54. The summed E-state index contributed by atoms with van der Waals surface area (Å²) in [4.78, 5) is 25.7. The van der Waals surface area contributed by atoms with Gasteiger partial charge < -0.3 is 10.0 Å². The number of hydrogen-bond donors (Lipinski definition) is 1. The van der Waals surface area contributed by atoms with Crippen molar-refractivity contribution >= 4 is 11.9 Å². The predicted molar refractivity (Wildman–Crippen MR) is 60.1 cm³/mol. The number of carboxylic acid groups (broad SMARTS) is 1. The molecule has 0 aliphatic heterocycles. The van der Waals surface area contributed by atoms with Gasteiger partial charge in [0.25, 0.3) is 0 Å². The highest BCUT2D eigenvalue weighted by atomic mass is 16.4. The molecular formula is C11H20N2O3. The third-order valence-corrected chi connectivity index (χ3v) is 3.06. The molecule has 1 saturated carbocycles. The average Bonchev–Trinajstić information content (AvgIpc) is 2.99. The summed E-state index contributed by atoms with van der Waals surface area (Å²) in [5.74, 6) is -0.251. The Morgan fingerprint density at radius 1 is 1.38 bits per heavy atom. The number of likely N-dealkylation sites (N-methyl/N-ethyl adjacent to an activating group) is 2. The minimum Gasteiger partial charge on any atom is -0.480 e. The highest BCUT2D eigenvalue weighted by molar-refractivity contribution is 5.79. The number of nitrogens with zero attached hydrogens (tertiary/aromatic N) is 2. The fraction of sp³-hybridized carbons (Fsp3) is 0.818.